The van der Waals surface area contributed by atoms with Crippen molar-refractivity contribution in [1.82, 2.24) is 0 Å². The molecule has 0 spiro atoms. The van der Waals surface area contributed by atoms with Gasteiger partial charge in [0.1, 0.15) is 0 Å². The molecule has 5 aromatic carbocycles. The van der Waals surface area contributed by atoms with Crippen molar-refractivity contribution < 1.29 is 88.3 Å². The molecule has 22 heteroatoms. The van der Waals surface area contributed by atoms with Gasteiger partial charge in [-0.3, -0.25) is 19.2 Å². The molecule has 0 bridgehead atoms. The Labute approximate surface area is 327 Å². The minimum Gasteiger partial charge on any atom is -0.378 e. The van der Waals surface area contributed by atoms with Gasteiger partial charge in [0.25, 0.3) is 0 Å². The van der Waals surface area contributed by atoms with Crippen LogP contribution >= 0.6 is 0 Å². The predicted molar refractivity (Wildman–Crippen MR) is 181 cm³/mol. The Balaban J connectivity index is 1.52. The Morgan fingerprint density at radius 1 is 0.383 bits per heavy atom. The van der Waals surface area contributed by atoms with Gasteiger partial charge in [-0.2, -0.15) is 16.8 Å². The molecule has 0 atom stereocenters. The van der Waals surface area contributed by atoms with Gasteiger partial charge in [0, 0.05) is 33.4 Å². The van der Waals surface area contributed by atoms with Crippen LogP contribution in [0.4, 0.5) is 43.9 Å². The van der Waals surface area contributed by atoms with Crippen LogP contribution in [0.5, 0.6) is 11.5 Å². The number of rotatable bonds is 8. The molecule has 10 nitrogen and oxygen atoms in total. The summed E-state index contributed by atoms with van der Waals surface area (Å²) in [5.74, 6) is -35.9. The summed E-state index contributed by atoms with van der Waals surface area (Å²) >= 11 is 0. The van der Waals surface area contributed by atoms with Crippen molar-refractivity contribution in [2.24, 2.45) is 0 Å². The van der Waals surface area contributed by atoms with Gasteiger partial charge in [-0.15, -0.1) is 0 Å². The summed E-state index contributed by atoms with van der Waals surface area (Å²) in [5.41, 5.74) is -5.11. The second-order valence-electron chi connectivity index (χ2n) is 12.3. The summed E-state index contributed by atoms with van der Waals surface area (Å²) in [7, 11) is -12.7. The quantitative estimate of drug-likeness (QED) is 0.0381. The van der Waals surface area contributed by atoms with Crippen molar-refractivity contribution in [2.45, 2.75) is 9.79 Å². The lowest BCUT2D eigenvalue weighted by Crippen LogP contribution is -2.19. The molecule has 7 rings (SSSR count). The molecule has 0 heterocycles. The highest BCUT2D eigenvalue weighted by Crippen LogP contribution is 2.40. The van der Waals surface area contributed by atoms with E-state index in [4.69, 9.17) is 8.37 Å². The standard InChI is InChI=1S/C38H12F10O10S2/c39-23-25(41)29(45)37(30(46)26(23)42)59(53,54)57-21-12-14(10-20-35(51)17-7-3-4-8-18(17)36(20)52)22(58-60(55,56)38-31(47)27(43)24(40)28(44)32(38)48)11-13(21)9-19-33(49)15-5-1-2-6-16(15)34(19)50/h1-12H. The molecule has 0 saturated heterocycles. The fraction of sp³-hybridized carbons (Fsp3) is 0. The molecule has 2 aliphatic carbocycles. The van der Waals surface area contributed by atoms with E-state index in [0.717, 1.165) is 24.3 Å². The molecule has 2 aliphatic rings. The van der Waals surface area contributed by atoms with Gasteiger partial charge in [0.05, 0.1) is 11.1 Å². The number of carbonyl (C=O) groups is 4. The lowest BCUT2D eigenvalue weighted by atomic mass is 10.0. The molecule has 5 aromatic rings. The fourth-order valence-corrected chi connectivity index (χ4v) is 8.17. The van der Waals surface area contributed by atoms with Crippen LogP contribution in [0.25, 0.3) is 12.2 Å². The normalized spacial score (nSPS) is 13.8. The minimum absolute atomic E-state index is 0.229. The summed E-state index contributed by atoms with van der Waals surface area (Å²) in [6.07, 6.45) is 0.842. The van der Waals surface area contributed by atoms with E-state index in [2.05, 4.69) is 0 Å². The van der Waals surface area contributed by atoms with E-state index in [-0.39, 0.29) is 34.4 Å². The average molecular weight is 883 g/mol. The maximum absolute atomic E-state index is 14.8. The number of Topliss-reactive ketones (excluding diaryl/α,β-unsaturated/α-hetero) is 4. The number of halogens is 10. The molecule has 0 saturated carbocycles. The van der Waals surface area contributed by atoms with Gasteiger partial charge >= 0.3 is 20.2 Å². The van der Waals surface area contributed by atoms with Crippen LogP contribution in [-0.4, -0.2) is 40.0 Å². The van der Waals surface area contributed by atoms with Gasteiger partial charge in [-0.1, -0.05) is 48.5 Å². The van der Waals surface area contributed by atoms with E-state index in [9.17, 15) is 79.9 Å². The highest BCUT2D eigenvalue weighted by molar-refractivity contribution is 7.87. The van der Waals surface area contributed by atoms with Crippen molar-refractivity contribution >= 4 is 55.5 Å². The largest absolute Gasteiger partial charge is 0.378 e. The first-order chi connectivity index (χ1) is 28.1. The van der Waals surface area contributed by atoms with Gasteiger partial charge in [-0.25, -0.2) is 43.9 Å². The van der Waals surface area contributed by atoms with Crippen molar-refractivity contribution in [3.8, 4) is 11.5 Å². The van der Waals surface area contributed by atoms with Crippen LogP contribution in [0.15, 0.2) is 81.6 Å². The highest BCUT2D eigenvalue weighted by Gasteiger charge is 2.40. The smallest absolute Gasteiger partial charge is 0.345 e. The zero-order valence-electron chi connectivity index (χ0n) is 28.6. The van der Waals surface area contributed by atoms with E-state index in [1.54, 1.807) is 0 Å². The third kappa shape index (κ3) is 6.43. The van der Waals surface area contributed by atoms with Gasteiger partial charge < -0.3 is 8.37 Å². The molecule has 306 valence electrons. The SMILES string of the molecule is O=C1C(=Cc2cc(OS(=O)(=O)c3c(F)c(F)c(F)c(F)c3F)c(C=C3C(=O)c4ccccc4C3=O)cc2OS(=O)(=O)c2c(F)c(F)c(F)c(F)c2F)C(=O)c2ccccc21. The third-order valence-corrected chi connectivity index (χ3v) is 11.3. The third-order valence-electron chi connectivity index (χ3n) is 8.79. The molecular weight excluding hydrogens is 871 g/mol. The number of hydrogen-bond acceptors (Lipinski definition) is 10. The maximum atomic E-state index is 14.8. The number of hydrogen-bond donors (Lipinski definition) is 0. The maximum Gasteiger partial charge on any atom is 0.345 e. The lowest BCUT2D eigenvalue weighted by molar-refractivity contribution is 0.0975. The van der Waals surface area contributed by atoms with Crippen molar-refractivity contribution in [3.05, 3.63) is 163 Å². The van der Waals surface area contributed by atoms with E-state index in [1.165, 1.54) is 24.3 Å². The highest BCUT2D eigenvalue weighted by atomic mass is 32.2. The fourth-order valence-electron chi connectivity index (χ4n) is 6.01. The predicted octanol–water partition coefficient (Wildman–Crippen LogP) is 7.54. The number of allylic oxidation sites excluding steroid dienone is 2. The van der Waals surface area contributed by atoms with Crippen LogP contribution in [0.1, 0.15) is 52.6 Å². The van der Waals surface area contributed by atoms with Gasteiger partial charge in [-0.05, 0) is 24.3 Å². The second-order valence-corrected chi connectivity index (χ2v) is 15.3. The van der Waals surface area contributed by atoms with E-state index >= 15 is 0 Å². The molecule has 0 aliphatic heterocycles. The molecule has 0 unspecified atom stereocenters. The van der Waals surface area contributed by atoms with Crippen LogP contribution in [0.2, 0.25) is 0 Å². The first-order valence-electron chi connectivity index (χ1n) is 16.0. The Hall–Kier alpha value is -6.94. The Bertz CT molecular complexity index is 2820. The number of fused-ring (bicyclic) bond motifs is 2. The van der Waals surface area contributed by atoms with Crippen LogP contribution in [0.3, 0.4) is 0 Å². The summed E-state index contributed by atoms with van der Waals surface area (Å²) < 4.78 is 207. The van der Waals surface area contributed by atoms with Crippen molar-refractivity contribution in [1.29, 1.82) is 0 Å². The average Bonchev–Trinajstić information content (AvgIpc) is 3.59. The second kappa shape index (κ2) is 14.4. The number of ketones is 4. The zero-order chi connectivity index (χ0) is 43.9. The van der Waals surface area contributed by atoms with Crippen molar-refractivity contribution in [2.75, 3.05) is 0 Å². The van der Waals surface area contributed by atoms with Crippen LogP contribution < -0.4 is 8.37 Å². The summed E-state index contributed by atoms with van der Waals surface area (Å²) in [5, 5.41) is 0. The summed E-state index contributed by atoms with van der Waals surface area (Å²) in [6.45, 7) is 0. The van der Waals surface area contributed by atoms with Crippen LogP contribution in [0, 0.1) is 58.2 Å². The van der Waals surface area contributed by atoms with Crippen LogP contribution in [-0.2, 0) is 20.2 Å². The van der Waals surface area contributed by atoms with E-state index < -0.39 is 145 Å². The molecular formula is C38H12F10O10S2. The van der Waals surface area contributed by atoms with Gasteiger partial charge in [0.15, 0.2) is 91.0 Å². The number of carbonyl (C=O) groups excluding carboxylic acids is 4. The zero-order valence-corrected chi connectivity index (χ0v) is 30.2. The van der Waals surface area contributed by atoms with E-state index in [0.29, 0.717) is 12.2 Å². The topological polar surface area (TPSA) is 155 Å². The van der Waals surface area contributed by atoms with Gasteiger partial charge in [0.2, 0.25) is 11.6 Å². The molecule has 0 aromatic heterocycles. The molecule has 60 heavy (non-hydrogen) atoms. The Morgan fingerprint density at radius 2 is 0.617 bits per heavy atom. The van der Waals surface area contributed by atoms with E-state index in [1.807, 2.05) is 0 Å². The Morgan fingerprint density at radius 3 is 0.867 bits per heavy atom. The summed E-state index contributed by atoms with van der Waals surface area (Å²) in [4.78, 5) is 48.0. The first-order valence-corrected chi connectivity index (χ1v) is 18.8. The minimum atomic E-state index is -6.33. The molecule has 0 radical (unpaired) electrons. The molecule has 0 amide bonds. The summed E-state index contributed by atoms with van der Waals surface area (Å²) in [6, 6.07) is 10.3. The molecule has 0 N–H and O–H groups in total. The monoisotopic (exact) mass is 882 g/mol. The Kier molecular flexibility index (Phi) is 9.90. The molecule has 0 fully saturated rings. The van der Waals surface area contributed by atoms with Crippen molar-refractivity contribution in [3.63, 3.8) is 0 Å². The first kappa shape index (κ1) is 41.2. The lowest BCUT2D eigenvalue weighted by Gasteiger charge is -2.17. The number of benzene rings is 5.